The number of benzene rings is 3. The van der Waals surface area contributed by atoms with E-state index in [2.05, 4.69) is 30.0 Å². The van der Waals surface area contributed by atoms with Crippen LogP contribution in [0.15, 0.2) is 73.2 Å². The number of carbonyl (C=O) groups is 1. The number of rotatable bonds is 8. The van der Waals surface area contributed by atoms with E-state index in [4.69, 9.17) is 25.8 Å². The number of ether oxygens (including phenoxy) is 4. The molecule has 3 aromatic carbocycles. The molecule has 0 unspecified atom stereocenters. The highest BCUT2D eigenvalue weighted by atomic mass is 35.5. The van der Waals surface area contributed by atoms with Gasteiger partial charge in [0.15, 0.2) is 5.82 Å². The zero-order chi connectivity index (χ0) is 38.7. The number of alkyl halides is 3. The molecular formula is C38H30ClF4N5O6S. The third-order valence-corrected chi connectivity index (χ3v) is 10.1. The molecule has 0 spiro atoms. The smallest absolute Gasteiger partial charge is 0.411 e. The highest BCUT2D eigenvalue weighted by Gasteiger charge is 2.29. The summed E-state index contributed by atoms with van der Waals surface area (Å²) in [7, 11) is 0. The zero-order valence-corrected chi connectivity index (χ0v) is 30.4. The SMILES string of the molecule is Cc1c2ccc(c1Cl)NCCOc1ccc(OCc3ccnc(COCC(F)(F)F)n3)c(c1)C[C@H](C(=O)O)Oc1ncnc3sc(-c4ccc(F)cc4)c-2c13. The van der Waals surface area contributed by atoms with Gasteiger partial charge in [0.25, 0.3) is 0 Å². The molecule has 0 aliphatic carbocycles. The summed E-state index contributed by atoms with van der Waals surface area (Å²) in [5.41, 5.74) is 4.22. The van der Waals surface area contributed by atoms with Crippen LogP contribution in [0.3, 0.4) is 0 Å². The molecule has 2 aliphatic rings. The predicted molar refractivity (Wildman–Crippen MR) is 196 cm³/mol. The van der Waals surface area contributed by atoms with Crippen LogP contribution < -0.4 is 19.5 Å². The summed E-state index contributed by atoms with van der Waals surface area (Å²) < 4.78 is 74.7. The van der Waals surface area contributed by atoms with Crippen LogP contribution in [0, 0.1) is 12.7 Å². The van der Waals surface area contributed by atoms with Gasteiger partial charge in [-0.25, -0.2) is 29.1 Å². The number of aromatic nitrogens is 4. The average molecular weight is 796 g/mol. The van der Waals surface area contributed by atoms with Crippen LogP contribution in [-0.2, 0) is 29.2 Å². The number of nitrogens with zero attached hydrogens (tertiary/aromatic N) is 4. The Morgan fingerprint density at radius 1 is 1.07 bits per heavy atom. The van der Waals surface area contributed by atoms with Gasteiger partial charge in [-0.3, -0.25) is 0 Å². The third kappa shape index (κ3) is 8.71. The summed E-state index contributed by atoms with van der Waals surface area (Å²) in [6.45, 7) is 0.431. The minimum atomic E-state index is -4.49. The second kappa shape index (κ2) is 16.0. The molecule has 11 nitrogen and oxygen atoms in total. The van der Waals surface area contributed by atoms with Crippen LogP contribution in [0.25, 0.3) is 31.8 Å². The van der Waals surface area contributed by atoms with Crippen molar-refractivity contribution in [1.82, 2.24) is 19.9 Å². The van der Waals surface area contributed by atoms with Crippen molar-refractivity contribution in [3.05, 3.63) is 107 Å². The number of anilines is 1. The minimum absolute atomic E-state index is 0.00943. The molecular weight excluding hydrogens is 766 g/mol. The lowest BCUT2D eigenvalue weighted by atomic mass is 9.95. The molecule has 0 radical (unpaired) electrons. The Morgan fingerprint density at radius 3 is 2.67 bits per heavy atom. The first-order valence-electron chi connectivity index (χ1n) is 16.7. The van der Waals surface area contributed by atoms with E-state index in [9.17, 15) is 27.5 Å². The first kappa shape index (κ1) is 37.7. The second-order valence-electron chi connectivity index (χ2n) is 12.3. The van der Waals surface area contributed by atoms with E-state index in [0.717, 1.165) is 16.0 Å². The Balaban J connectivity index is 1.27. The van der Waals surface area contributed by atoms with E-state index in [-0.39, 0.29) is 37.1 Å². The Labute approximate surface area is 319 Å². The second-order valence-corrected chi connectivity index (χ2v) is 13.7. The molecule has 2 aliphatic heterocycles. The van der Waals surface area contributed by atoms with Crippen molar-refractivity contribution in [3.63, 3.8) is 0 Å². The van der Waals surface area contributed by atoms with Crippen molar-refractivity contribution in [2.75, 3.05) is 25.1 Å². The lowest BCUT2D eigenvalue weighted by molar-refractivity contribution is -0.177. The Kier molecular flexibility index (Phi) is 11.0. The Hall–Kier alpha value is -5.58. The van der Waals surface area contributed by atoms with Gasteiger partial charge < -0.3 is 29.4 Å². The average Bonchev–Trinajstić information content (AvgIpc) is 3.54. The fraction of sp³-hybridized carbons (Fsp3) is 0.237. The molecule has 0 saturated heterocycles. The van der Waals surface area contributed by atoms with Gasteiger partial charge >= 0.3 is 12.1 Å². The minimum Gasteiger partial charge on any atom is -0.492 e. The maximum atomic E-state index is 14.0. The molecule has 0 fully saturated rings. The van der Waals surface area contributed by atoms with Crippen LogP contribution in [0.2, 0.25) is 5.02 Å². The van der Waals surface area contributed by atoms with Crippen molar-refractivity contribution >= 4 is 44.8 Å². The van der Waals surface area contributed by atoms with E-state index < -0.39 is 37.3 Å². The van der Waals surface area contributed by atoms with Gasteiger partial charge in [-0.2, -0.15) is 13.2 Å². The largest absolute Gasteiger partial charge is 0.492 e. The summed E-state index contributed by atoms with van der Waals surface area (Å²) in [6.07, 6.45) is -3.52. The number of carboxylic acid groups (broad SMARTS) is 1. The third-order valence-electron chi connectivity index (χ3n) is 8.50. The number of hydrogen-bond acceptors (Lipinski definition) is 11. The van der Waals surface area contributed by atoms with Crippen LogP contribution in [0.4, 0.5) is 23.2 Å². The first-order valence-corrected chi connectivity index (χ1v) is 17.9. The number of halogens is 5. The van der Waals surface area contributed by atoms with Gasteiger partial charge in [0, 0.05) is 35.2 Å². The van der Waals surface area contributed by atoms with E-state index in [1.54, 1.807) is 30.3 Å². The number of thiophene rings is 1. The van der Waals surface area contributed by atoms with Crippen LogP contribution >= 0.6 is 22.9 Å². The lowest BCUT2D eigenvalue weighted by Gasteiger charge is -2.19. The molecule has 284 valence electrons. The summed E-state index contributed by atoms with van der Waals surface area (Å²) in [6, 6.07) is 16.2. The quantitative estimate of drug-likeness (QED) is 0.144. The molecule has 3 aromatic heterocycles. The molecule has 0 saturated carbocycles. The van der Waals surface area contributed by atoms with Crippen LogP contribution in [-0.4, -0.2) is 63.1 Å². The maximum Gasteiger partial charge on any atom is 0.411 e. The van der Waals surface area contributed by atoms with Crippen molar-refractivity contribution in [2.24, 2.45) is 0 Å². The predicted octanol–water partition coefficient (Wildman–Crippen LogP) is 8.45. The number of hydrogen-bond donors (Lipinski definition) is 2. The molecule has 55 heavy (non-hydrogen) atoms. The van der Waals surface area contributed by atoms with Gasteiger partial charge in [-0.05, 0) is 66.1 Å². The van der Waals surface area contributed by atoms with Gasteiger partial charge in [0.1, 0.15) is 54.9 Å². The van der Waals surface area contributed by atoms with E-state index in [1.807, 2.05) is 19.1 Å². The van der Waals surface area contributed by atoms with Crippen molar-refractivity contribution in [1.29, 1.82) is 0 Å². The maximum absolute atomic E-state index is 14.0. The first-order chi connectivity index (χ1) is 26.4. The number of fused-ring (bicyclic) bond motifs is 7. The molecule has 17 heteroatoms. The monoisotopic (exact) mass is 795 g/mol. The van der Waals surface area contributed by atoms with E-state index in [0.29, 0.717) is 55.6 Å². The molecule has 6 aromatic rings. The van der Waals surface area contributed by atoms with E-state index >= 15 is 0 Å². The fourth-order valence-corrected chi connectivity index (χ4v) is 7.35. The Morgan fingerprint density at radius 2 is 1.89 bits per heavy atom. The normalized spacial score (nSPS) is 14.5. The lowest BCUT2D eigenvalue weighted by Crippen LogP contribution is -2.30. The van der Waals surface area contributed by atoms with Gasteiger partial charge in [0.2, 0.25) is 12.0 Å². The Bertz CT molecular complexity index is 2360. The number of aliphatic carboxylic acids is 1. The van der Waals surface area contributed by atoms with E-state index in [1.165, 1.54) is 42.1 Å². The molecule has 0 amide bonds. The summed E-state index contributed by atoms with van der Waals surface area (Å²) >= 11 is 8.26. The van der Waals surface area contributed by atoms with Gasteiger partial charge in [0.05, 0.1) is 21.8 Å². The van der Waals surface area contributed by atoms with Crippen molar-refractivity contribution in [3.8, 4) is 38.9 Å². The summed E-state index contributed by atoms with van der Waals surface area (Å²) in [5.74, 6) is -0.937. The van der Waals surface area contributed by atoms with Gasteiger partial charge in [-0.1, -0.05) is 29.8 Å². The summed E-state index contributed by atoms with van der Waals surface area (Å²) in [5, 5.41) is 14.7. The van der Waals surface area contributed by atoms with Crippen molar-refractivity contribution in [2.45, 2.75) is 38.8 Å². The molecule has 8 rings (SSSR count). The standard InChI is InChI=1S/C38H30ClF4N5O6S/c1-20-26-7-8-27(33(20)39)44-12-13-52-25-6-9-28(53-16-24-10-11-45-30(48-24)17-51-18-38(41,42)43)22(14-25)15-29(37(49)50)54-35-32-31(26)34(55-36(32)47-19-46-35)21-2-4-23(40)5-3-21/h2-11,14,19,29,44H,12-13,15-18H2,1H3,(H,49,50)/t29-/m1/s1. The summed E-state index contributed by atoms with van der Waals surface area (Å²) in [4.78, 5) is 31.2. The molecule has 4 bridgehead atoms. The molecule has 2 N–H and O–H groups in total. The van der Waals surface area contributed by atoms with Crippen molar-refractivity contribution < 1.29 is 46.4 Å². The van der Waals surface area contributed by atoms with Crippen LogP contribution in [0.1, 0.15) is 22.6 Å². The topological polar surface area (TPSA) is 138 Å². The molecule has 5 heterocycles. The highest BCUT2D eigenvalue weighted by molar-refractivity contribution is 7.22. The van der Waals surface area contributed by atoms with Gasteiger partial charge in [-0.15, -0.1) is 11.3 Å². The number of carboxylic acids is 1. The fourth-order valence-electron chi connectivity index (χ4n) is 5.97. The zero-order valence-electron chi connectivity index (χ0n) is 28.8. The highest BCUT2D eigenvalue weighted by Crippen LogP contribution is 2.49. The van der Waals surface area contributed by atoms with Crippen LogP contribution in [0.5, 0.6) is 17.4 Å². The number of nitrogens with one attached hydrogen (secondary N) is 1. The molecule has 1 atom stereocenters.